The highest BCUT2D eigenvalue weighted by Crippen LogP contribution is 2.20. The number of anilines is 1. The van der Waals surface area contributed by atoms with Gasteiger partial charge in [-0.05, 0) is 48.7 Å². The molecule has 3 aromatic rings. The molecule has 0 saturated heterocycles. The molecular weight excluding hydrogens is 293 g/mol. The molecule has 0 aliphatic rings. The predicted molar refractivity (Wildman–Crippen MR) is 89.3 cm³/mol. The fourth-order valence-corrected chi connectivity index (χ4v) is 2.46. The molecule has 0 radical (unpaired) electrons. The Bertz CT molecular complexity index is 790. The Morgan fingerprint density at radius 1 is 1.09 bits per heavy atom. The maximum atomic E-state index is 13.4. The van der Waals surface area contributed by atoms with Crippen molar-refractivity contribution in [1.82, 2.24) is 9.97 Å². The molecule has 4 nitrogen and oxygen atoms in total. The van der Waals surface area contributed by atoms with Crippen LogP contribution in [-0.4, -0.2) is 23.6 Å². The van der Waals surface area contributed by atoms with E-state index in [0.29, 0.717) is 11.2 Å². The number of hydrogen-bond donors (Lipinski definition) is 1. The lowest BCUT2D eigenvalue weighted by Crippen LogP contribution is -2.05. The van der Waals surface area contributed by atoms with E-state index in [9.17, 15) is 4.39 Å². The Hall–Kier alpha value is -2.69. The first-order valence-electron chi connectivity index (χ1n) is 7.53. The highest BCUT2D eigenvalue weighted by molar-refractivity contribution is 5.88. The van der Waals surface area contributed by atoms with Gasteiger partial charge in [-0.2, -0.15) is 0 Å². The van der Waals surface area contributed by atoms with Crippen molar-refractivity contribution in [3.63, 3.8) is 0 Å². The van der Waals surface area contributed by atoms with Gasteiger partial charge in [0, 0.05) is 11.9 Å². The maximum Gasteiger partial charge on any atom is 0.137 e. The predicted octanol–water partition coefficient (Wildman–Crippen LogP) is 3.82. The van der Waals surface area contributed by atoms with Gasteiger partial charge in [0.05, 0.1) is 12.6 Å². The number of aryl methyl sites for hydroxylation is 1. The largest absolute Gasteiger partial charge is 0.497 e. The Labute approximate surface area is 134 Å². The van der Waals surface area contributed by atoms with Crippen molar-refractivity contribution >= 4 is 16.7 Å². The number of benzene rings is 2. The molecule has 0 atom stereocenters. The van der Waals surface area contributed by atoms with E-state index < -0.39 is 0 Å². The second kappa shape index (κ2) is 7.05. The standard InChI is InChI=1S/C18H18FN3O/c1-23-15-7-4-13(5-8-15)3-2-10-20-18-16-11-14(19)6-9-17(16)21-12-22-18/h4-9,11-12H,2-3,10H2,1H3,(H,20,21,22). The average molecular weight is 311 g/mol. The van der Waals surface area contributed by atoms with Crippen molar-refractivity contribution < 1.29 is 9.13 Å². The first-order chi connectivity index (χ1) is 11.3. The minimum absolute atomic E-state index is 0.284. The van der Waals surface area contributed by atoms with Gasteiger partial charge < -0.3 is 10.1 Å². The molecule has 1 N–H and O–H groups in total. The van der Waals surface area contributed by atoms with E-state index in [1.165, 1.54) is 24.0 Å². The lowest BCUT2D eigenvalue weighted by molar-refractivity contribution is 0.414. The van der Waals surface area contributed by atoms with E-state index in [0.717, 1.165) is 30.7 Å². The van der Waals surface area contributed by atoms with Gasteiger partial charge in [0.15, 0.2) is 0 Å². The molecule has 23 heavy (non-hydrogen) atoms. The fraction of sp³-hybridized carbons (Fsp3) is 0.222. The van der Waals surface area contributed by atoms with Gasteiger partial charge in [-0.25, -0.2) is 14.4 Å². The van der Waals surface area contributed by atoms with E-state index in [-0.39, 0.29) is 5.82 Å². The van der Waals surface area contributed by atoms with Gasteiger partial charge in [-0.3, -0.25) is 0 Å². The normalized spacial score (nSPS) is 10.7. The van der Waals surface area contributed by atoms with Crippen molar-refractivity contribution in [3.05, 3.63) is 60.2 Å². The quantitative estimate of drug-likeness (QED) is 0.703. The fourth-order valence-electron chi connectivity index (χ4n) is 2.46. The SMILES string of the molecule is COc1ccc(CCCNc2ncnc3ccc(F)cc23)cc1. The average Bonchev–Trinajstić information content (AvgIpc) is 2.59. The van der Waals surface area contributed by atoms with Gasteiger partial charge in [0.1, 0.15) is 23.7 Å². The molecule has 1 aromatic heterocycles. The summed E-state index contributed by atoms with van der Waals surface area (Å²) in [5.41, 5.74) is 1.99. The van der Waals surface area contributed by atoms with E-state index in [2.05, 4.69) is 27.4 Å². The summed E-state index contributed by atoms with van der Waals surface area (Å²) in [6, 6.07) is 12.6. The molecule has 0 unspecified atom stereocenters. The van der Waals surface area contributed by atoms with Gasteiger partial charge in [-0.15, -0.1) is 0 Å². The van der Waals surface area contributed by atoms with Crippen LogP contribution in [0.3, 0.4) is 0 Å². The van der Waals surface area contributed by atoms with Crippen LogP contribution in [0, 0.1) is 5.82 Å². The molecule has 1 heterocycles. The molecule has 118 valence electrons. The number of halogens is 1. The van der Waals surface area contributed by atoms with E-state index in [1.807, 2.05) is 12.1 Å². The van der Waals surface area contributed by atoms with Crippen LogP contribution >= 0.6 is 0 Å². The Morgan fingerprint density at radius 3 is 2.70 bits per heavy atom. The number of methoxy groups -OCH3 is 1. The van der Waals surface area contributed by atoms with Crippen molar-refractivity contribution in [2.24, 2.45) is 0 Å². The number of hydrogen-bond acceptors (Lipinski definition) is 4. The third-order valence-electron chi connectivity index (χ3n) is 3.69. The highest BCUT2D eigenvalue weighted by Gasteiger charge is 2.04. The van der Waals surface area contributed by atoms with Gasteiger partial charge >= 0.3 is 0 Å². The summed E-state index contributed by atoms with van der Waals surface area (Å²) in [5, 5.41) is 3.97. The summed E-state index contributed by atoms with van der Waals surface area (Å²) in [7, 11) is 1.66. The summed E-state index contributed by atoms with van der Waals surface area (Å²) in [4.78, 5) is 8.36. The number of aromatic nitrogens is 2. The summed E-state index contributed by atoms with van der Waals surface area (Å²) < 4.78 is 18.5. The second-order valence-electron chi connectivity index (χ2n) is 5.26. The van der Waals surface area contributed by atoms with Crippen LogP contribution in [0.25, 0.3) is 10.9 Å². The van der Waals surface area contributed by atoms with Crippen LogP contribution in [0.2, 0.25) is 0 Å². The van der Waals surface area contributed by atoms with Crippen LogP contribution in [-0.2, 0) is 6.42 Å². The lowest BCUT2D eigenvalue weighted by Gasteiger charge is -2.08. The third-order valence-corrected chi connectivity index (χ3v) is 3.69. The second-order valence-corrected chi connectivity index (χ2v) is 5.26. The maximum absolute atomic E-state index is 13.4. The lowest BCUT2D eigenvalue weighted by atomic mass is 10.1. The molecule has 3 rings (SSSR count). The molecule has 0 saturated carbocycles. The van der Waals surface area contributed by atoms with Crippen molar-refractivity contribution in [2.45, 2.75) is 12.8 Å². The Morgan fingerprint density at radius 2 is 1.91 bits per heavy atom. The van der Waals surface area contributed by atoms with Gasteiger partial charge in [0.2, 0.25) is 0 Å². The van der Waals surface area contributed by atoms with Crippen LogP contribution in [0.5, 0.6) is 5.75 Å². The van der Waals surface area contributed by atoms with Crippen molar-refractivity contribution in [2.75, 3.05) is 19.0 Å². The molecule has 2 aromatic carbocycles. The zero-order valence-electron chi connectivity index (χ0n) is 12.9. The van der Waals surface area contributed by atoms with Crippen molar-refractivity contribution in [1.29, 1.82) is 0 Å². The molecule has 0 fully saturated rings. The molecule has 0 bridgehead atoms. The molecule has 0 aliphatic carbocycles. The van der Waals surface area contributed by atoms with Crippen LogP contribution < -0.4 is 10.1 Å². The third kappa shape index (κ3) is 3.74. The van der Waals surface area contributed by atoms with Crippen LogP contribution in [0.15, 0.2) is 48.8 Å². The molecular formula is C18H18FN3O. The van der Waals surface area contributed by atoms with Crippen molar-refractivity contribution in [3.8, 4) is 5.75 Å². The first kappa shape index (κ1) is 15.2. The number of ether oxygens (including phenoxy) is 1. The summed E-state index contributed by atoms with van der Waals surface area (Å²) in [6.07, 6.45) is 3.40. The molecule has 5 heteroatoms. The summed E-state index contributed by atoms with van der Waals surface area (Å²) in [6.45, 7) is 0.759. The zero-order valence-corrected chi connectivity index (χ0v) is 12.9. The number of nitrogens with zero attached hydrogens (tertiary/aromatic N) is 2. The zero-order chi connectivity index (χ0) is 16.1. The van der Waals surface area contributed by atoms with Crippen LogP contribution in [0.1, 0.15) is 12.0 Å². The topological polar surface area (TPSA) is 47.0 Å². The Kier molecular flexibility index (Phi) is 4.66. The van der Waals surface area contributed by atoms with Gasteiger partial charge in [-0.1, -0.05) is 12.1 Å². The minimum atomic E-state index is -0.284. The molecule has 0 amide bonds. The first-order valence-corrected chi connectivity index (χ1v) is 7.53. The minimum Gasteiger partial charge on any atom is -0.497 e. The smallest absolute Gasteiger partial charge is 0.137 e. The molecule has 0 spiro atoms. The summed E-state index contributed by atoms with van der Waals surface area (Å²) >= 11 is 0. The van der Waals surface area contributed by atoms with E-state index >= 15 is 0 Å². The highest BCUT2D eigenvalue weighted by atomic mass is 19.1. The van der Waals surface area contributed by atoms with E-state index in [1.54, 1.807) is 13.2 Å². The Balaban J connectivity index is 1.59. The monoisotopic (exact) mass is 311 g/mol. The number of fused-ring (bicyclic) bond motifs is 1. The van der Waals surface area contributed by atoms with Gasteiger partial charge in [0.25, 0.3) is 0 Å². The number of nitrogens with one attached hydrogen (secondary N) is 1. The molecule has 0 aliphatic heterocycles. The van der Waals surface area contributed by atoms with E-state index in [4.69, 9.17) is 4.74 Å². The van der Waals surface area contributed by atoms with Crippen LogP contribution in [0.4, 0.5) is 10.2 Å². The summed E-state index contributed by atoms with van der Waals surface area (Å²) in [5.74, 6) is 1.25. The number of rotatable bonds is 6.